The van der Waals surface area contributed by atoms with E-state index in [4.69, 9.17) is 14.7 Å². The minimum Gasteiger partial charge on any atom is -0.496 e. The van der Waals surface area contributed by atoms with E-state index < -0.39 is 0 Å². The lowest BCUT2D eigenvalue weighted by Gasteiger charge is -2.30. The van der Waals surface area contributed by atoms with Crippen molar-refractivity contribution in [3.05, 3.63) is 46.9 Å². The van der Waals surface area contributed by atoms with E-state index in [-0.39, 0.29) is 23.8 Å². The Hall–Kier alpha value is -2.96. The zero-order valence-corrected chi connectivity index (χ0v) is 19.5. The van der Waals surface area contributed by atoms with Gasteiger partial charge in [0, 0.05) is 29.3 Å². The highest BCUT2D eigenvalue weighted by Crippen LogP contribution is 2.38. The zero-order valence-electron chi connectivity index (χ0n) is 19.5. The monoisotopic (exact) mass is 448 g/mol. The molecule has 1 atom stereocenters. The lowest BCUT2D eigenvalue weighted by molar-refractivity contribution is -0.137. The van der Waals surface area contributed by atoms with Crippen LogP contribution in [0.2, 0.25) is 0 Å². The second kappa shape index (κ2) is 9.12. The number of ether oxygens (including phenoxy) is 1. The third-order valence-corrected chi connectivity index (χ3v) is 7.40. The van der Waals surface area contributed by atoms with Crippen LogP contribution in [0.1, 0.15) is 73.6 Å². The van der Waals surface area contributed by atoms with Gasteiger partial charge in [-0.15, -0.1) is 0 Å². The van der Waals surface area contributed by atoms with Crippen LogP contribution in [-0.4, -0.2) is 40.3 Å². The summed E-state index contributed by atoms with van der Waals surface area (Å²) in [4.78, 5) is 39.8. The van der Waals surface area contributed by atoms with E-state index in [9.17, 15) is 9.59 Å². The third-order valence-electron chi connectivity index (χ3n) is 7.40. The van der Waals surface area contributed by atoms with Gasteiger partial charge in [-0.05, 0) is 38.7 Å². The first kappa shape index (κ1) is 21.9. The van der Waals surface area contributed by atoms with Gasteiger partial charge >= 0.3 is 0 Å². The first-order valence-electron chi connectivity index (χ1n) is 12.2. The highest BCUT2D eigenvalue weighted by atomic mass is 16.5. The average molecular weight is 449 g/mol. The van der Waals surface area contributed by atoms with Crippen LogP contribution in [0.25, 0.3) is 0 Å². The molecule has 174 valence electrons. The molecule has 2 aliphatic heterocycles. The minimum absolute atomic E-state index is 0.0204. The Labute approximate surface area is 195 Å². The maximum Gasteiger partial charge on any atom is 0.233 e. The quantitative estimate of drug-likeness (QED) is 0.688. The van der Waals surface area contributed by atoms with Crippen molar-refractivity contribution >= 4 is 17.6 Å². The van der Waals surface area contributed by atoms with E-state index in [0.29, 0.717) is 24.6 Å². The summed E-state index contributed by atoms with van der Waals surface area (Å²) >= 11 is 0. The molecule has 1 aromatic heterocycles. The molecule has 1 saturated heterocycles. The second-order valence-electron chi connectivity index (χ2n) is 9.46. The Morgan fingerprint density at radius 2 is 1.88 bits per heavy atom. The van der Waals surface area contributed by atoms with E-state index >= 15 is 0 Å². The number of benzene rings is 1. The fraction of sp³-hybridized carbons (Fsp3) is 0.538. The van der Waals surface area contributed by atoms with Crippen molar-refractivity contribution in [3.8, 4) is 5.75 Å². The predicted octanol–water partition coefficient (Wildman–Crippen LogP) is 4.13. The summed E-state index contributed by atoms with van der Waals surface area (Å²) in [5, 5.41) is 0. The molecule has 0 bridgehead atoms. The van der Waals surface area contributed by atoms with Gasteiger partial charge in [-0.2, -0.15) is 0 Å². The lowest BCUT2D eigenvalue weighted by atomic mass is 9.88. The normalized spacial score (nSPS) is 20.9. The zero-order chi connectivity index (χ0) is 22.9. The van der Waals surface area contributed by atoms with E-state index in [0.717, 1.165) is 67.6 Å². The van der Waals surface area contributed by atoms with Gasteiger partial charge in [0.05, 0.1) is 26.1 Å². The van der Waals surface area contributed by atoms with Crippen LogP contribution in [0.5, 0.6) is 5.75 Å². The van der Waals surface area contributed by atoms with Gasteiger partial charge in [0.2, 0.25) is 11.8 Å². The van der Waals surface area contributed by atoms with Crippen LogP contribution in [0, 0.1) is 12.8 Å². The molecule has 7 nitrogen and oxygen atoms in total. The van der Waals surface area contributed by atoms with E-state index in [1.165, 1.54) is 6.42 Å². The number of nitrogens with zero attached hydrogens (tertiary/aromatic N) is 4. The molecule has 0 radical (unpaired) electrons. The maximum absolute atomic E-state index is 13.3. The molecule has 0 spiro atoms. The van der Waals surface area contributed by atoms with Crippen LogP contribution in [0.4, 0.5) is 5.82 Å². The number of carbonyl (C=O) groups is 2. The number of rotatable bonds is 5. The van der Waals surface area contributed by atoms with Gasteiger partial charge in [-0.25, -0.2) is 9.97 Å². The number of hydrogen-bond acceptors (Lipinski definition) is 5. The molecule has 0 N–H and O–H groups in total. The number of hydrogen-bond donors (Lipinski definition) is 0. The Bertz CT molecular complexity index is 1060. The number of anilines is 1. The van der Waals surface area contributed by atoms with Crippen molar-refractivity contribution in [2.45, 2.75) is 70.9 Å². The molecule has 5 rings (SSSR count). The van der Waals surface area contributed by atoms with Crippen LogP contribution in [-0.2, 0) is 22.6 Å². The molecule has 3 heterocycles. The molecule has 1 saturated carbocycles. The molecule has 2 fully saturated rings. The molecule has 7 heteroatoms. The minimum atomic E-state index is -0.104. The number of aryl methyl sites for hydroxylation is 1. The summed E-state index contributed by atoms with van der Waals surface area (Å²) < 4.78 is 5.49. The summed E-state index contributed by atoms with van der Waals surface area (Å²) in [6, 6.07) is 7.64. The number of methoxy groups -OCH3 is 1. The Balaban J connectivity index is 1.44. The first-order chi connectivity index (χ1) is 16.1. The summed E-state index contributed by atoms with van der Waals surface area (Å²) in [5.41, 5.74) is 2.67. The molecule has 1 aliphatic carbocycles. The average Bonchev–Trinajstić information content (AvgIpc) is 3.45. The molecule has 2 aromatic rings. The molecule has 1 unspecified atom stereocenters. The highest BCUT2D eigenvalue weighted by molar-refractivity contribution is 6.00. The van der Waals surface area contributed by atoms with Crippen molar-refractivity contribution in [3.63, 3.8) is 0 Å². The van der Waals surface area contributed by atoms with Crippen LogP contribution in [0.15, 0.2) is 24.3 Å². The third kappa shape index (κ3) is 4.09. The molecule has 3 aliphatic rings. The van der Waals surface area contributed by atoms with Gasteiger partial charge in [0.1, 0.15) is 11.6 Å². The standard InChI is InChI=1S/C26H32N4O3/c1-17-20-15-23(31)30(16-19-11-6-7-13-22(19)33-2)25(20)28-24(27-17)21-12-8-14-29(21)26(32)18-9-4-3-5-10-18/h6-7,11,13,18,21H,3-5,8-10,12,14-16H2,1-2H3. The van der Waals surface area contributed by atoms with Crippen LogP contribution < -0.4 is 9.64 Å². The van der Waals surface area contributed by atoms with Crippen molar-refractivity contribution in [2.75, 3.05) is 18.6 Å². The Kier molecular flexibility index (Phi) is 6.04. The van der Waals surface area contributed by atoms with E-state index in [1.54, 1.807) is 12.0 Å². The molecular formula is C26H32N4O3. The van der Waals surface area contributed by atoms with E-state index in [1.807, 2.05) is 36.1 Å². The van der Waals surface area contributed by atoms with Gasteiger partial charge in [-0.3, -0.25) is 14.5 Å². The second-order valence-corrected chi connectivity index (χ2v) is 9.46. The number of amides is 2. The lowest BCUT2D eigenvalue weighted by Crippen LogP contribution is -2.37. The largest absolute Gasteiger partial charge is 0.496 e. The first-order valence-corrected chi connectivity index (χ1v) is 12.2. The van der Waals surface area contributed by atoms with Gasteiger partial charge < -0.3 is 9.64 Å². The van der Waals surface area contributed by atoms with Crippen LogP contribution in [0.3, 0.4) is 0 Å². The summed E-state index contributed by atoms with van der Waals surface area (Å²) in [6.07, 6.45) is 7.65. The molecule has 1 aromatic carbocycles. The Morgan fingerprint density at radius 3 is 2.67 bits per heavy atom. The van der Waals surface area contributed by atoms with Crippen molar-refractivity contribution in [1.82, 2.24) is 14.9 Å². The Morgan fingerprint density at radius 1 is 1.09 bits per heavy atom. The van der Waals surface area contributed by atoms with Crippen molar-refractivity contribution in [2.24, 2.45) is 5.92 Å². The smallest absolute Gasteiger partial charge is 0.233 e. The number of carbonyl (C=O) groups excluding carboxylic acids is 2. The maximum atomic E-state index is 13.3. The fourth-order valence-electron chi connectivity index (χ4n) is 5.60. The number of likely N-dealkylation sites (tertiary alicyclic amines) is 1. The topological polar surface area (TPSA) is 75.6 Å². The van der Waals surface area contributed by atoms with Gasteiger partial charge in [-0.1, -0.05) is 37.5 Å². The highest BCUT2D eigenvalue weighted by Gasteiger charge is 2.38. The van der Waals surface area contributed by atoms with Crippen molar-refractivity contribution < 1.29 is 14.3 Å². The van der Waals surface area contributed by atoms with Crippen LogP contribution >= 0.6 is 0 Å². The number of fused-ring (bicyclic) bond motifs is 1. The molecular weight excluding hydrogens is 416 g/mol. The van der Waals surface area contributed by atoms with Crippen molar-refractivity contribution in [1.29, 1.82) is 0 Å². The number of aromatic nitrogens is 2. The summed E-state index contributed by atoms with van der Waals surface area (Å²) in [6.45, 7) is 3.12. The fourth-order valence-corrected chi connectivity index (χ4v) is 5.60. The molecule has 33 heavy (non-hydrogen) atoms. The summed E-state index contributed by atoms with van der Waals surface area (Å²) in [7, 11) is 1.64. The van der Waals surface area contributed by atoms with Gasteiger partial charge in [0.15, 0.2) is 5.82 Å². The number of para-hydroxylation sites is 1. The molecule has 2 amide bonds. The van der Waals surface area contributed by atoms with E-state index in [2.05, 4.69) is 0 Å². The van der Waals surface area contributed by atoms with Gasteiger partial charge in [0.25, 0.3) is 0 Å². The predicted molar refractivity (Wildman–Crippen MR) is 125 cm³/mol. The SMILES string of the molecule is COc1ccccc1CN1C(=O)Cc2c(C)nc(C3CCCN3C(=O)C3CCCCC3)nc21. The summed E-state index contributed by atoms with van der Waals surface area (Å²) in [5.74, 6) is 2.54.